The Morgan fingerprint density at radius 2 is 2.12 bits per heavy atom. The molecule has 0 aromatic carbocycles. The summed E-state index contributed by atoms with van der Waals surface area (Å²) >= 11 is 5.87. The zero-order valence-electron chi connectivity index (χ0n) is 10.2. The highest BCUT2D eigenvalue weighted by Crippen LogP contribution is 2.17. The normalized spacial score (nSPS) is 12.6. The lowest BCUT2D eigenvalue weighted by Gasteiger charge is -2.12. The summed E-state index contributed by atoms with van der Waals surface area (Å²) in [6.07, 6.45) is 0. The maximum absolute atomic E-state index is 11.8. The number of aliphatic hydroxyl groups is 1. The predicted molar refractivity (Wildman–Crippen MR) is 67.4 cm³/mol. The molecule has 0 radical (unpaired) electrons. The minimum atomic E-state index is -0.281. The number of hydrogen-bond acceptors (Lipinski definition) is 3. The minimum absolute atomic E-state index is 0.0956. The molecule has 94 valence electrons. The smallest absolute Gasteiger partial charge is 0.251 e. The van der Waals surface area contributed by atoms with Gasteiger partial charge in [0.1, 0.15) is 5.15 Å². The molecule has 0 aliphatic carbocycles. The molecule has 17 heavy (non-hydrogen) atoms. The first-order valence-corrected chi connectivity index (χ1v) is 5.91. The zero-order valence-corrected chi connectivity index (χ0v) is 11.0. The molecule has 0 aliphatic rings. The number of aromatic nitrogens is 1. The van der Waals surface area contributed by atoms with Crippen LogP contribution in [0.15, 0.2) is 12.1 Å². The summed E-state index contributed by atoms with van der Waals surface area (Å²) in [5, 5.41) is 11.8. The molecular formula is C12H17ClN2O2. The van der Waals surface area contributed by atoms with E-state index >= 15 is 0 Å². The van der Waals surface area contributed by atoms with Gasteiger partial charge in [0.15, 0.2) is 0 Å². The van der Waals surface area contributed by atoms with Crippen molar-refractivity contribution >= 4 is 17.5 Å². The van der Waals surface area contributed by atoms with Crippen LogP contribution in [-0.4, -0.2) is 28.6 Å². The van der Waals surface area contributed by atoms with Crippen molar-refractivity contribution in [3.63, 3.8) is 0 Å². The van der Waals surface area contributed by atoms with Crippen molar-refractivity contribution in [1.29, 1.82) is 0 Å². The van der Waals surface area contributed by atoms with Gasteiger partial charge in [-0.25, -0.2) is 4.98 Å². The molecule has 1 atom stereocenters. The van der Waals surface area contributed by atoms with E-state index in [1.807, 2.05) is 13.8 Å². The van der Waals surface area contributed by atoms with E-state index in [1.54, 1.807) is 13.0 Å². The standard InChI is InChI=1S/C12H17ClN2O2/c1-7(2)10-4-9(5-11(13)15-10)12(17)14-8(3)6-16/h4-5,7-8,16H,6H2,1-3H3,(H,14,17). The molecule has 1 aromatic rings. The number of nitrogens with zero attached hydrogens (tertiary/aromatic N) is 1. The van der Waals surface area contributed by atoms with Gasteiger partial charge in [-0.2, -0.15) is 0 Å². The first kappa shape index (κ1) is 13.9. The van der Waals surface area contributed by atoms with Gasteiger partial charge >= 0.3 is 0 Å². The number of pyridine rings is 1. The van der Waals surface area contributed by atoms with E-state index in [0.29, 0.717) is 10.7 Å². The molecule has 0 aliphatic heterocycles. The van der Waals surface area contributed by atoms with Crippen LogP contribution >= 0.6 is 11.6 Å². The van der Waals surface area contributed by atoms with Gasteiger partial charge in [0.05, 0.1) is 6.61 Å². The fourth-order valence-electron chi connectivity index (χ4n) is 1.30. The molecule has 0 spiro atoms. The topological polar surface area (TPSA) is 62.2 Å². The summed E-state index contributed by atoms with van der Waals surface area (Å²) in [5.74, 6) is -0.0479. The van der Waals surface area contributed by atoms with Crippen molar-refractivity contribution in [2.75, 3.05) is 6.61 Å². The van der Waals surface area contributed by atoms with E-state index in [-0.39, 0.29) is 24.5 Å². The summed E-state index contributed by atoms with van der Waals surface area (Å²) in [4.78, 5) is 16.0. The Hall–Kier alpha value is -1.13. The molecule has 5 heteroatoms. The van der Waals surface area contributed by atoms with Gasteiger partial charge in [-0.15, -0.1) is 0 Å². The van der Waals surface area contributed by atoms with Crippen LogP contribution in [0, 0.1) is 0 Å². The van der Waals surface area contributed by atoms with Gasteiger partial charge in [-0.05, 0) is 25.0 Å². The summed E-state index contributed by atoms with van der Waals surface area (Å²) < 4.78 is 0. The molecule has 2 N–H and O–H groups in total. The number of amides is 1. The lowest BCUT2D eigenvalue weighted by Crippen LogP contribution is -2.35. The van der Waals surface area contributed by atoms with Crippen LogP contribution in [0.2, 0.25) is 5.15 Å². The largest absolute Gasteiger partial charge is 0.394 e. The molecule has 4 nitrogen and oxygen atoms in total. The number of carbonyl (C=O) groups excluding carboxylic acids is 1. The zero-order chi connectivity index (χ0) is 13.0. The van der Waals surface area contributed by atoms with E-state index in [9.17, 15) is 4.79 Å². The molecule has 1 aromatic heterocycles. The third-order valence-electron chi connectivity index (χ3n) is 2.32. The SMILES string of the molecule is CC(CO)NC(=O)c1cc(Cl)nc(C(C)C)c1. The van der Waals surface area contributed by atoms with Crippen LogP contribution < -0.4 is 5.32 Å². The number of halogens is 1. The number of hydrogen-bond donors (Lipinski definition) is 2. The Morgan fingerprint density at radius 1 is 1.47 bits per heavy atom. The van der Waals surface area contributed by atoms with Crippen LogP contribution in [0.3, 0.4) is 0 Å². The summed E-state index contributed by atoms with van der Waals surface area (Å²) in [5.41, 5.74) is 1.24. The molecule has 1 rings (SSSR count). The third-order valence-corrected chi connectivity index (χ3v) is 2.51. The molecule has 1 amide bonds. The van der Waals surface area contributed by atoms with Crippen LogP contribution in [-0.2, 0) is 0 Å². The fraction of sp³-hybridized carbons (Fsp3) is 0.500. The second-order valence-electron chi connectivity index (χ2n) is 4.32. The molecule has 1 heterocycles. The number of carbonyl (C=O) groups is 1. The lowest BCUT2D eigenvalue weighted by molar-refractivity contribution is 0.0922. The van der Waals surface area contributed by atoms with E-state index < -0.39 is 0 Å². The maximum Gasteiger partial charge on any atom is 0.251 e. The summed E-state index contributed by atoms with van der Waals surface area (Å²) in [6.45, 7) is 5.60. The molecule has 0 fully saturated rings. The summed E-state index contributed by atoms with van der Waals surface area (Å²) in [6, 6.07) is 2.96. The van der Waals surface area contributed by atoms with Crippen molar-refractivity contribution in [3.8, 4) is 0 Å². The average Bonchev–Trinajstić information content (AvgIpc) is 2.27. The number of aliphatic hydroxyl groups excluding tert-OH is 1. The second kappa shape index (κ2) is 5.98. The first-order chi connectivity index (χ1) is 7.93. The Kier molecular flexibility index (Phi) is 4.90. The third kappa shape index (κ3) is 3.98. The van der Waals surface area contributed by atoms with Gasteiger partial charge in [0, 0.05) is 17.3 Å². The van der Waals surface area contributed by atoms with Crippen LogP contribution in [0.4, 0.5) is 0 Å². The highest BCUT2D eigenvalue weighted by Gasteiger charge is 2.12. The van der Waals surface area contributed by atoms with Crippen molar-refractivity contribution < 1.29 is 9.90 Å². The van der Waals surface area contributed by atoms with Crippen LogP contribution in [0.5, 0.6) is 0 Å². The predicted octanol–water partition coefficient (Wildman–Crippen LogP) is 1.97. The molecular weight excluding hydrogens is 240 g/mol. The van der Waals surface area contributed by atoms with Gasteiger partial charge in [-0.1, -0.05) is 25.4 Å². The Morgan fingerprint density at radius 3 is 2.65 bits per heavy atom. The average molecular weight is 257 g/mol. The van der Waals surface area contributed by atoms with Crippen molar-refractivity contribution in [1.82, 2.24) is 10.3 Å². The molecule has 0 bridgehead atoms. The van der Waals surface area contributed by atoms with Gasteiger partial charge in [0.25, 0.3) is 5.91 Å². The van der Waals surface area contributed by atoms with E-state index in [2.05, 4.69) is 10.3 Å². The quantitative estimate of drug-likeness (QED) is 0.810. The van der Waals surface area contributed by atoms with Crippen molar-refractivity contribution in [2.24, 2.45) is 0 Å². The number of rotatable bonds is 4. The lowest BCUT2D eigenvalue weighted by atomic mass is 10.1. The minimum Gasteiger partial charge on any atom is -0.394 e. The molecule has 0 saturated heterocycles. The van der Waals surface area contributed by atoms with E-state index in [4.69, 9.17) is 16.7 Å². The Bertz CT molecular complexity index is 407. The Labute approximate surface area is 106 Å². The second-order valence-corrected chi connectivity index (χ2v) is 4.70. The molecule has 0 saturated carbocycles. The fourth-order valence-corrected chi connectivity index (χ4v) is 1.51. The van der Waals surface area contributed by atoms with Gasteiger partial charge in [-0.3, -0.25) is 4.79 Å². The van der Waals surface area contributed by atoms with Gasteiger partial charge in [0.2, 0.25) is 0 Å². The van der Waals surface area contributed by atoms with Crippen molar-refractivity contribution in [3.05, 3.63) is 28.5 Å². The van der Waals surface area contributed by atoms with E-state index in [1.165, 1.54) is 6.07 Å². The van der Waals surface area contributed by atoms with Crippen molar-refractivity contribution in [2.45, 2.75) is 32.7 Å². The highest BCUT2D eigenvalue weighted by atomic mass is 35.5. The maximum atomic E-state index is 11.8. The van der Waals surface area contributed by atoms with Crippen LogP contribution in [0.25, 0.3) is 0 Å². The Balaban J connectivity index is 2.93. The number of nitrogens with one attached hydrogen (secondary N) is 1. The highest BCUT2D eigenvalue weighted by molar-refractivity contribution is 6.29. The summed E-state index contributed by atoms with van der Waals surface area (Å²) in [7, 11) is 0. The van der Waals surface area contributed by atoms with Crippen LogP contribution in [0.1, 0.15) is 42.7 Å². The first-order valence-electron chi connectivity index (χ1n) is 5.53. The monoisotopic (exact) mass is 256 g/mol. The van der Waals surface area contributed by atoms with Gasteiger partial charge < -0.3 is 10.4 Å². The van der Waals surface area contributed by atoms with E-state index in [0.717, 1.165) is 5.69 Å². The molecule has 1 unspecified atom stereocenters.